The average Bonchev–Trinajstić information content (AvgIpc) is 3.41. The van der Waals surface area contributed by atoms with Gasteiger partial charge in [-0.1, -0.05) is 30.3 Å². The van der Waals surface area contributed by atoms with Gasteiger partial charge in [0.15, 0.2) is 5.96 Å². The van der Waals surface area contributed by atoms with E-state index in [0.717, 1.165) is 25.6 Å². The predicted molar refractivity (Wildman–Crippen MR) is 140 cm³/mol. The molecule has 166 valence electrons. The van der Waals surface area contributed by atoms with E-state index >= 15 is 0 Å². The van der Waals surface area contributed by atoms with Crippen LogP contribution in [0.4, 0.5) is 0 Å². The minimum atomic E-state index is 0. The van der Waals surface area contributed by atoms with Crippen molar-refractivity contribution in [3.8, 4) is 0 Å². The van der Waals surface area contributed by atoms with E-state index < -0.39 is 0 Å². The second kappa shape index (κ2) is 13.3. The Labute approximate surface area is 203 Å². The van der Waals surface area contributed by atoms with Gasteiger partial charge in [-0.2, -0.15) is 0 Å². The molecule has 0 saturated carbocycles. The molecule has 1 fully saturated rings. The molecule has 5 nitrogen and oxygen atoms in total. The molecule has 1 aliphatic rings. The van der Waals surface area contributed by atoms with Crippen molar-refractivity contribution in [2.75, 3.05) is 40.3 Å². The van der Waals surface area contributed by atoms with Gasteiger partial charge in [0.25, 0.3) is 0 Å². The van der Waals surface area contributed by atoms with E-state index in [-0.39, 0.29) is 24.0 Å². The molecule has 2 heterocycles. The number of guanidine groups is 1. The number of hydrogen-bond donors (Lipinski definition) is 2. The van der Waals surface area contributed by atoms with E-state index in [0.29, 0.717) is 12.6 Å². The molecule has 1 unspecified atom stereocenters. The zero-order valence-corrected chi connectivity index (χ0v) is 21.6. The lowest BCUT2D eigenvalue weighted by Gasteiger charge is -2.27. The third-order valence-electron chi connectivity index (χ3n) is 5.17. The molecule has 0 amide bonds. The zero-order chi connectivity index (χ0) is 20.5. The Kier molecular flexibility index (Phi) is 11.1. The van der Waals surface area contributed by atoms with E-state index in [1.54, 1.807) is 0 Å². The Morgan fingerprint density at radius 3 is 2.57 bits per heavy atom. The number of likely N-dealkylation sites (tertiary alicyclic amines) is 1. The summed E-state index contributed by atoms with van der Waals surface area (Å²) in [6, 6.07) is 13.6. The van der Waals surface area contributed by atoms with E-state index in [1.807, 2.05) is 11.3 Å². The number of nitrogens with one attached hydrogen (secondary N) is 2. The average molecular weight is 542 g/mol. The molecule has 1 aromatic heterocycles. The minimum absolute atomic E-state index is 0. The van der Waals surface area contributed by atoms with Crippen molar-refractivity contribution in [2.24, 2.45) is 4.99 Å². The quantitative estimate of drug-likeness (QED) is 0.282. The summed E-state index contributed by atoms with van der Waals surface area (Å²) in [7, 11) is 4.20. The van der Waals surface area contributed by atoms with Gasteiger partial charge in [-0.25, -0.2) is 4.99 Å². The molecule has 2 aromatic rings. The SMILES string of the molecule is CCNC(=NCc1cccc(CN(C)C)c1)NCC(c1cccs1)N1CCCC1.I. The number of aliphatic imine (C=N–C) groups is 1. The van der Waals surface area contributed by atoms with Crippen LogP contribution in [-0.4, -0.2) is 56.0 Å². The lowest BCUT2D eigenvalue weighted by Crippen LogP contribution is -2.42. The fourth-order valence-corrected chi connectivity index (χ4v) is 4.70. The molecule has 3 rings (SSSR count). The molecule has 0 bridgehead atoms. The highest BCUT2D eigenvalue weighted by Crippen LogP contribution is 2.27. The number of hydrogen-bond acceptors (Lipinski definition) is 4. The Bertz CT molecular complexity index is 757. The third-order valence-corrected chi connectivity index (χ3v) is 6.14. The highest BCUT2D eigenvalue weighted by Gasteiger charge is 2.24. The first kappa shape index (κ1) is 25.1. The summed E-state index contributed by atoms with van der Waals surface area (Å²) in [6.07, 6.45) is 2.61. The first-order valence-electron chi connectivity index (χ1n) is 10.7. The number of thiophene rings is 1. The summed E-state index contributed by atoms with van der Waals surface area (Å²) >= 11 is 1.85. The lowest BCUT2D eigenvalue weighted by atomic mass is 10.1. The van der Waals surface area contributed by atoms with Crippen molar-refractivity contribution >= 4 is 41.3 Å². The van der Waals surface area contributed by atoms with Crippen LogP contribution in [0.15, 0.2) is 46.8 Å². The summed E-state index contributed by atoms with van der Waals surface area (Å²) in [5.41, 5.74) is 2.57. The molecule has 0 spiro atoms. The van der Waals surface area contributed by atoms with Crippen molar-refractivity contribution in [3.05, 3.63) is 57.8 Å². The van der Waals surface area contributed by atoms with Crippen LogP contribution >= 0.6 is 35.3 Å². The van der Waals surface area contributed by atoms with Gasteiger partial charge in [0.05, 0.1) is 12.6 Å². The highest BCUT2D eigenvalue weighted by atomic mass is 127. The summed E-state index contributed by atoms with van der Waals surface area (Å²) in [5, 5.41) is 9.18. The summed E-state index contributed by atoms with van der Waals surface area (Å²) < 4.78 is 0. The fourth-order valence-electron chi connectivity index (χ4n) is 3.84. The lowest BCUT2D eigenvalue weighted by molar-refractivity contribution is 0.249. The normalized spacial score (nSPS) is 15.8. The van der Waals surface area contributed by atoms with Crippen LogP contribution < -0.4 is 10.6 Å². The van der Waals surface area contributed by atoms with Crippen LogP contribution in [0.3, 0.4) is 0 Å². The van der Waals surface area contributed by atoms with Crippen molar-refractivity contribution in [1.29, 1.82) is 0 Å². The standard InChI is InChI=1S/C23H35N5S.HI/c1-4-24-23(25-16-19-9-7-10-20(15-19)18-27(2)3)26-17-21(22-11-8-14-29-22)28-12-5-6-13-28;/h7-11,14-15,21H,4-6,12-13,16-18H2,1-3H3,(H2,24,25,26);1H. The molecule has 0 aliphatic carbocycles. The van der Waals surface area contributed by atoms with Gasteiger partial charge in [-0.3, -0.25) is 4.90 Å². The molecule has 30 heavy (non-hydrogen) atoms. The van der Waals surface area contributed by atoms with Crippen LogP contribution in [0.1, 0.15) is 41.8 Å². The molecule has 1 atom stereocenters. The van der Waals surface area contributed by atoms with E-state index in [2.05, 4.69) is 83.2 Å². The largest absolute Gasteiger partial charge is 0.357 e. The fraction of sp³-hybridized carbons (Fsp3) is 0.522. The summed E-state index contributed by atoms with van der Waals surface area (Å²) in [4.78, 5) is 11.1. The number of rotatable bonds is 9. The van der Waals surface area contributed by atoms with Gasteiger partial charge in [-0.05, 0) is 69.5 Å². The molecule has 1 aliphatic heterocycles. The zero-order valence-electron chi connectivity index (χ0n) is 18.4. The minimum Gasteiger partial charge on any atom is -0.357 e. The van der Waals surface area contributed by atoms with Gasteiger partial charge in [-0.15, -0.1) is 35.3 Å². The Morgan fingerprint density at radius 1 is 1.13 bits per heavy atom. The van der Waals surface area contributed by atoms with Crippen LogP contribution in [0.2, 0.25) is 0 Å². The molecule has 1 aromatic carbocycles. The first-order chi connectivity index (χ1) is 14.2. The van der Waals surface area contributed by atoms with Gasteiger partial charge >= 0.3 is 0 Å². The van der Waals surface area contributed by atoms with E-state index in [1.165, 1.54) is 41.9 Å². The van der Waals surface area contributed by atoms with E-state index in [9.17, 15) is 0 Å². The molecule has 1 saturated heterocycles. The molecule has 2 N–H and O–H groups in total. The number of benzene rings is 1. The van der Waals surface area contributed by atoms with Crippen molar-refractivity contribution in [1.82, 2.24) is 20.4 Å². The molecule has 0 radical (unpaired) electrons. The van der Waals surface area contributed by atoms with Gasteiger partial charge in [0.2, 0.25) is 0 Å². The van der Waals surface area contributed by atoms with Gasteiger partial charge < -0.3 is 15.5 Å². The maximum atomic E-state index is 4.85. The monoisotopic (exact) mass is 541 g/mol. The third kappa shape index (κ3) is 7.83. The topological polar surface area (TPSA) is 42.9 Å². The Morgan fingerprint density at radius 2 is 1.90 bits per heavy atom. The maximum Gasteiger partial charge on any atom is 0.191 e. The first-order valence-corrected chi connectivity index (χ1v) is 11.6. The number of halogens is 1. The highest BCUT2D eigenvalue weighted by molar-refractivity contribution is 14.0. The predicted octanol–water partition coefficient (Wildman–Crippen LogP) is 4.32. The van der Waals surface area contributed by atoms with Crippen molar-refractivity contribution in [2.45, 2.75) is 38.9 Å². The smallest absolute Gasteiger partial charge is 0.191 e. The van der Waals surface area contributed by atoms with Crippen LogP contribution in [0, 0.1) is 0 Å². The van der Waals surface area contributed by atoms with Crippen molar-refractivity contribution in [3.63, 3.8) is 0 Å². The Balaban J connectivity index is 0.00000320. The van der Waals surface area contributed by atoms with Crippen LogP contribution in [0.5, 0.6) is 0 Å². The van der Waals surface area contributed by atoms with E-state index in [4.69, 9.17) is 4.99 Å². The number of nitrogens with zero attached hydrogens (tertiary/aromatic N) is 3. The molecular weight excluding hydrogens is 505 g/mol. The van der Waals surface area contributed by atoms with Crippen LogP contribution in [0.25, 0.3) is 0 Å². The second-order valence-electron chi connectivity index (χ2n) is 7.91. The molecular formula is C23H36IN5S. The van der Waals surface area contributed by atoms with Gasteiger partial charge in [0, 0.05) is 24.5 Å². The van der Waals surface area contributed by atoms with Crippen molar-refractivity contribution < 1.29 is 0 Å². The maximum absolute atomic E-state index is 4.85. The second-order valence-corrected chi connectivity index (χ2v) is 8.89. The summed E-state index contributed by atoms with van der Waals surface area (Å²) in [5.74, 6) is 0.895. The Hall–Kier alpha value is -1.16. The summed E-state index contributed by atoms with van der Waals surface area (Å²) in [6.45, 7) is 7.88. The van der Waals surface area contributed by atoms with Gasteiger partial charge in [0.1, 0.15) is 0 Å². The molecule has 7 heteroatoms. The van der Waals surface area contributed by atoms with Crippen LogP contribution in [-0.2, 0) is 13.1 Å².